The fourth-order valence-electron chi connectivity index (χ4n) is 3.33. The lowest BCUT2D eigenvalue weighted by Gasteiger charge is -2.41. The Morgan fingerprint density at radius 1 is 1.15 bits per heavy atom. The van der Waals surface area contributed by atoms with Gasteiger partial charge >= 0.3 is 12.0 Å². The van der Waals surface area contributed by atoms with Gasteiger partial charge in [-0.15, -0.1) is 16.4 Å². The van der Waals surface area contributed by atoms with Crippen LogP contribution in [0.1, 0.15) is 17.6 Å². The van der Waals surface area contributed by atoms with Crippen molar-refractivity contribution in [1.82, 2.24) is 14.6 Å². The molecule has 1 aromatic carbocycles. The number of hydrazone groups is 1. The van der Waals surface area contributed by atoms with E-state index in [1.807, 2.05) is 0 Å². The van der Waals surface area contributed by atoms with Crippen LogP contribution < -0.4 is 0 Å². The molecule has 2 aromatic heterocycles. The Balaban J connectivity index is 1.82. The van der Waals surface area contributed by atoms with E-state index in [2.05, 4.69) is 10.1 Å². The van der Waals surface area contributed by atoms with E-state index in [1.165, 1.54) is 11.3 Å². The zero-order valence-electron chi connectivity index (χ0n) is 13.4. The zero-order valence-corrected chi connectivity index (χ0v) is 14.2. The Hall–Kier alpha value is -2.81. The molecule has 0 amide bonds. The topological polar surface area (TPSA) is 42.6 Å². The largest absolute Gasteiger partial charge is 0.474 e. The third kappa shape index (κ3) is 1.80. The summed E-state index contributed by atoms with van der Waals surface area (Å²) in [5.74, 6) is -2.67. The number of aromatic nitrogens is 2. The molecule has 0 saturated carbocycles. The van der Waals surface area contributed by atoms with Crippen LogP contribution in [0.15, 0.2) is 52.6 Å². The molecule has 0 aliphatic carbocycles. The third-order valence-electron chi connectivity index (χ3n) is 4.38. The number of alkyl halides is 3. The van der Waals surface area contributed by atoms with E-state index in [9.17, 15) is 13.2 Å². The van der Waals surface area contributed by atoms with E-state index in [0.717, 1.165) is 9.58 Å². The Bertz CT molecular complexity index is 1080. The molecule has 0 spiro atoms. The predicted octanol–water partition coefficient (Wildman–Crippen LogP) is 4.34. The monoisotopic (exact) mass is 376 g/mol. The van der Waals surface area contributed by atoms with Crippen molar-refractivity contribution in [2.75, 3.05) is 0 Å². The number of thiophene rings is 1. The standard InChI is InChI=1S/C17H11F3N4OS/c1-10-9-14-21-11-5-2-3-6-12(11)23(14)17(16(18,19)20)24(10)22-15(25-17)13-7-4-8-26-13/h2-9H,1H3/t17-/m0/s1. The van der Waals surface area contributed by atoms with Gasteiger partial charge in [-0.1, -0.05) is 18.2 Å². The minimum atomic E-state index is -4.76. The first-order chi connectivity index (χ1) is 12.4. The van der Waals surface area contributed by atoms with E-state index < -0.39 is 12.0 Å². The summed E-state index contributed by atoms with van der Waals surface area (Å²) in [5, 5.41) is 6.81. The Morgan fingerprint density at radius 3 is 2.69 bits per heavy atom. The second-order valence-electron chi connectivity index (χ2n) is 5.98. The quantitative estimate of drug-likeness (QED) is 0.635. The molecule has 0 unspecified atom stereocenters. The van der Waals surface area contributed by atoms with Gasteiger partial charge in [0.1, 0.15) is 5.82 Å². The van der Waals surface area contributed by atoms with Crippen LogP contribution in [0, 0.1) is 0 Å². The Kier molecular flexibility index (Phi) is 2.90. The molecule has 3 aromatic rings. The molecule has 2 aliphatic heterocycles. The van der Waals surface area contributed by atoms with Crippen LogP contribution in [0.2, 0.25) is 0 Å². The van der Waals surface area contributed by atoms with Gasteiger partial charge in [0.05, 0.1) is 15.9 Å². The first kappa shape index (κ1) is 15.4. The third-order valence-corrected chi connectivity index (χ3v) is 5.24. The number of nitrogens with zero attached hydrogens (tertiary/aromatic N) is 4. The molecule has 26 heavy (non-hydrogen) atoms. The lowest BCUT2D eigenvalue weighted by molar-refractivity contribution is -0.333. The highest BCUT2D eigenvalue weighted by Gasteiger charge is 2.69. The molecule has 132 valence electrons. The van der Waals surface area contributed by atoms with E-state index in [4.69, 9.17) is 4.74 Å². The molecule has 4 heterocycles. The molecule has 9 heteroatoms. The minimum absolute atomic E-state index is 0.0595. The van der Waals surface area contributed by atoms with Gasteiger partial charge in [-0.2, -0.15) is 18.2 Å². The van der Waals surface area contributed by atoms with Gasteiger partial charge < -0.3 is 4.74 Å². The molecule has 5 nitrogen and oxygen atoms in total. The Labute approximate surface area is 149 Å². The highest BCUT2D eigenvalue weighted by molar-refractivity contribution is 7.12. The average molecular weight is 376 g/mol. The molecular weight excluding hydrogens is 365 g/mol. The van der Waals surface area contributed by atoms with E-state index in [0.29, 0.717) is 21.6 Å². The summed E-state index contributed by atoms with van der Waals surface area (Å²) >= 11 is 1.27. The number of fused-ring (bicyclic) bond motifs is 5. The van der Waals surface area contributed by atoms with Gasteiger partial charge in [-0.05, 0) is 30.5 Å². The van der Waals surface area contributed by atoms with E-state index in [-0.39, 0.29) is 11.7 Å². The lowest BCUT2D eigenvalue weighted by Crippen LogP contribution is -2.58. The van der Waals surface area contributed by atoms with E-state index >= 15 is 0 Å². The number of allylic oxidation sites excluding steroid dienone is 1. The second kappa shape index (κ2) is 4.88. The van der Waals surface area contributed by atoms with Crippen LogP contribution in [0.3, 0.4) is 0 Å². The fraction of sp³-hybridized carbons (Fsp3) is 0.176. The second-order valence-corrected chi connectivity index (χ2v) is 6.93. The van der Waals surface area contributed by atoms with Crippen molar-refractivity contribution in [2.24, 2.45) is 5.10 Å². The average Bonchev–Trinajstić information content (AvgIpc) is 3.30. The van der Waals surface area contributed by atoms with Gasteiger partial charge in [-0.3, -0.25) is 4.57 Å². The van der Waals surface area contributed by atoms with Gasteiger partial charge in [0.25, 0.3) is 5.90 Å². The van der Waals surface area contributed by atoms with Crippen molar-refractivity contribution >= 4 is 34.3 Å². The van der Waals surface area contributed by atoms with Crippen LogP contribution in [0.5, 0.6) is 0 Å². The molecule has 2 aliphatic rings. The number of halogens is 3. The van der Waals surface area contributed by atoms with Crippen LogP contribution in [-0.4, -0.2) is 26.6 Å². The molecule has 5 rings (SSSR count). The fourth-order valence-corrected chi connectivity index (χ4v) is 3.97. The Morgan fingerprint density at radius 2 is 1.96 bits per heavy atom. The highest BCUT2D eigenvalue weighted by atomic mass is 32.1. The van der Waals surface area contributed by atoms with Gasteiger partial charge in [0.2, 0.25) is 0 Å². The van der Waals surface area contributed by atoms with Crippen LogP contribution in [0.25, 0.3) is 17.1 Å². The summed E-state index contributed by atoms with van der Waals surface area (Å²) in [6, 6.07) is 10.1. The van der Waals surface area contributed by atoms with Crippen LogP contribution in [0.4, 0.5) is 13.2 Å². The number of para-hydroxylation sites is 2. The first-order valence-electron chi connectivity index (χ1n) is 7.76. The normalized spacial score (nSPS) is 21.9. The molecule has 0 N–H and O–H groups in total. The molecule has 0 fully saturated rings. The predicted molar refractivity (Wildman–Crippen MR) is 91.2 cm³/mol. The van der Waals surface area contributed by atoms with Gasteiger partial charge in [0, 0.05) is 11.8 Å². The summed E-state index contributed by atoms with van der Waals surface area (Å²) in [6.07, 6.45) is -3.18. The number of rotatable bonds is 1. The SMILES string of the molecule is CC1=Cc2nc3ccccc3n2[C@]2(C(F)(F)F)OC(c3cccs3)=NN12. The molecule has 0 bridgehead atoms. The summed E-state index contributed by atoms with van der Waals surface area (Å²) in [5.41, 5.74) is 1.10. The van der Waals surface area contributed by atoms with Crippen molar-refractivity contribution in [3.05, 3.63) is 58.2 Å². The first-order valence-corrected chi connectivity index (χ1v) is 8.64. The summed E-state index contributed by atoms with van der Waals surface area (Å²) < 4.78 is 50.0. The van der Waals surface area contributed by atoms with Crippen molar-refractivity contribution in [3.63, 3.8) is 0 Å². The number of hydrogen-bond donors (Lipinski definition) is 0. The summed E-state index contributed by atoms with van der Waals surface area (Å²) in [7, 11) is 0. The maximum Gasteiger partial charge on any atom is 0.474 e. The van der Waals surface area contributed by atoms with Crippen molar-refractivity contribution in [2.45, 2.75) is 18.9 Å². The minimum Gasteiger partial charge on any atom is -0.420 e. The van der Waals surface area contributed by atoms with Gasteiger partial charge in [0.15, 0.2) is 0 Å². The number of ether oxygens (including phenoxy) is 1. The summed E-state index contributed by atoms with van der Waals surface area (Å²) in [6.45, 7) is 1.56. The maximum atomic E-state index is 14.4. The van der Waals surface area contributed by atoms with Crippen molar-refractivity contribution in [1.29, 1.82) is 0 Å². The smallest absolute Gasteiger partial charge is 0.420 e. The van der Waals surface area contributed by atoms with Crippen molar-refractivity contribution < 1.29 is 17.9 Å². The van der Waals surface area contributed by atoms with Crippen LogP contribution in [-0.2, 0) is 10.6 Å². The molecular formula is C17H11F3N4OS. The zero-order chi connectivity index (χ0) is 18.1. The molecule has 0 saturated heterocycles. The van der Waals surface area contributed by atoms with Crippen molar-refractivity contribution in [3.8, 4) is 0 Å². The van der Waals surface area contributed by atoms with Crippen LogP contribution >= 0.6 is 11.3 Å². The van der Waals surface area contributed by atoms with E-state index in [1.54, 1.807) is 54.8 Å². The summed E-state index contributed by atoms with van der Waals surface area (Å²) in [4.78, 5) is 4.87. The molecule has 0 radical (unpaired) electrons. The number of hydrogen-bond acceptors (Lipinski definition) is 5. The highest BCUT2D eigenvalue weighted by Crippen LogP contribution is 2.51. The maximum absolute atomic E-state index is 14.4. The van der Waals surface area contributed by atoms with Gasteiger partial charge in [-0.25, -0.2) is 4.98 Å². The molecule has 1 atom stereocenters. The lowest BCUT2D eigenvalue weighted by atomic mass is 10.2. The number of benzene rings is 1. The number of imidazole rings is 1.